The molecule has 2 saturated heterocycles. The van der Waals surface area contributed by atoms with Crippen LogP contribution < -0.4 is 10.1 Å². The summed E-state index contributed by atoms with van der Waals surface area (Å²) in [6.07, 6.45) is 3.36. The molecule has 1 aromatic rings. The maximum Gasteiger partial charge on any atom is 0.318 e. The fourth-order valence-corrected chi connectivity index (χ4v) is 4.67. The molecule has 0 spiro atoms. The van der Waals surface area contributed by atoms with Gasteiger partial charge >= 0.3 is 6.03 Å². The first-order valence-electron chi connectivity index (χ1n) is 9.99. The van der Waals surface area contributed by atoms with E-state index in [-0.39, 0.29) is 29.5 Å². The Labute approximate surface area is 166 Å². The Balaban J connectivity index is 1.48. The smallest absolute Gasteiger partial charge is 0.318 e. The van der Waals surface area contributed by atoms with Crippen LogP contribution in [0.3, 0.4) is 0 Å². The fraction of sp³-hybridized carbons (Fsp3) is 0.619. The zero-order chi connectivity index (χ0) is 19.9. The van der Waals surface area contributed by atoms with E-state index in [0.29, 0.717) is 19.6 Å². The van der Waals surface area contributed by atoms with Crippen LogP contribution in [0.15, 0.2) is 24.3 Å². The first-order chi connectivity index (χ1) is 13.5. The van der Waals surface area contributed by atoms with Gasteiger partial charge in [-0.2, -0.15) is 0 Å². The lowest BCUT2D eigenvalue weighted by Crippen LogP contribution is -2.53. The van der Waals surface area contributed by atoms with Crippen molar-refractivity contribution in [2.24, 2.45) is 0 Å². The van der Waals surface area contributed by atoms with Crippen molar-refractivity contribution in [1.29, 1.82) is 0 Å². The number of benzene rings is 1. The van der Waals surface area contributed by atoms with Crippen LogP contribution in [0, 0.1) is 0 Å². The van der Waals surface area contributed by atoms with Crippen LogP contribution in [0.25, 0.3) is 0 Å². The number of nitrogens with one attached hydrogen (secondary N) is 1. The van der Waals surface area contributed by atoms with Gasteiger partial charge in [0.15, 0.2) is 0 Å². The molecule has 1 aliphatic carbocycles. The van der Waals surface area contributed by atoms with Crippen molar-refractivity contribution in [3.63, 3.8) is 0 Å². The number of likely N-dealkylation sites (tertiary alicyclic amines) is 1. The summed E-state index contributed by atoms with van der Waals surface area (Å²) in [5, 5.41) is 3.12. The minimum atomic E-state index is -0.452. The van der Waals surface area contributed by atoms with Crippen LogP contribution in [0.2, 0.25) is 0 Å². The largest absolute Gasteiger partial charge is 0.496 e. The van der Waals surface area contributed by atoms with Crippen molar-refractivity contribution in [3.05, 3.63) is 29.8 Å². The molecule has 3 atom stereocenters. The second-order valence-electron chi connectivity index (χ2n) is 8.30. The van der Waals surface area contributed by atoms with E-state index in [1.807, 2.05) is 18.2 Å². The first-order valence-corrected chi connectivity index (χ1v) is 9.99. The standard InChI is InChI=1S/C21H29N3O4/c1-23(2)19(25)16-12-18-15(8-11-28-18)24(16)20(26)22-13-21(9-10-21)14-6-4-5-7-17(14)27-3/h4-7,15-16,18H,8-13H2,1-3H3,(H,22,26)/t15-,16?,18-/m0/s1. The van der Waals surface area contributed by atoms with Crippen LogP contribution in [0.4, 0.5) is 4.79 Å². The van der Waals surface area contributed by atoms with Gasteiger partial charge in [0.1, 0.15) is 11.8 Å². The SMILES string of the molecule is COc1ccccc1C1(CNC(=O)N2C(C(=O)N(C)C)C[C@@H]3OCC[C@@H]32)CC1. The maximum atomic E-state index is 13.1. The summed E-state index contributed by atoms with van der Waals surface area (Å²) in [7, 11) is 5.14. The van der Waals surface area contributed by atoms with Gasteiger partial charge in [-0.3, -0.25) is 4.79 Å². The van der Waals surface area contributed by atoms with Gasteiger partial charge in [0.05, 0.1) is 19.3 Å². The third-order valence-electron chi connectivity index (χ3n) is 6.39. The summed E-state index contributed by atoms with van der Waals surface area (Å²) in [5.41, 5.74) is 1.07. The van der Waals surface area contributed by atoms with Gasteiger partial charge in [-0.15, -0.1) is 0 Å². The monoisotopic (exact) mass is 387 g/mol. The molecule has 1 N–H and O–H groups in total. The molecule has 1 unspecified atom stereocenters. The van der Waals surface area contributed by atoms with Crippen molar-refractivity contribution in [1.82, 2.24) is 15.1 Å². The molecule has 0 radical (unpaired) electrons. The predicted molar refractivity (Wildman–Crippen MR) is 104 cm³/mol. The van der Waals surface area contributed by atoms with E-state index in [1.165, 1.54) is 0 Å². The number of fused-ring (bicyclic) bond motifs is 1. The Bertz CT molecular complexity index is 762. The number of amides is 3. The average molecular weight is 387 g/mol. The van der Waals surface area contributed by atoms with E-state index in [4.69, 9.17) is 9.47 Å². The highest BCUT2D eigenvalue weighted by molar-refractivity contribution is 5.88. The molecule has 1 aromatic carbocycles. The summed E-state index contributed by atoms with van der Waals surface area (Å²) >= 11 is 0. The molecular weight excluding hydrogens is 358 g/mol. The number of hydrogen-bond acceptors (Lipinski definition) is 4. The maximum absolute atomic E-state index is 13.1. The predicted octanol–water partition coefficient (Wildman–Crippen LogP) is 1.76. The van der Waals surface area contributed by atoms with Gasteiger partial charge in [-0.1, -0.05) is 18.2 Å². The second kappa shape index (κ2) is 7.28. The number of methoxy groups -OCH3 is 1. The summed E-state index contributed by atoms with van der Waals surface area (Å²) in [6.45, 7) is 1.19. The normalized spacial score (nSPS) is 27.2. The molecule has 2 aliphatic heterocycles. The fourth-order valence-electron chi connectivity index (χ4n) is 4.67. The third kappa shape index (κ3) is 3.21. The molecule has 152 valence electrons. The number of nitrogens with zero attached hydrogens (tertiary/aromatic N) is 2. The second-order valence-corrected chi connectivity index (χ2v) is 8.30. The van der Waals surface area contributed by atoms with Gasteiger partial charge in [-0.25, -0.2) is 4.79 Å². The van der Waals surface area contributed by atoms with Crippen LogP contribution in [-0.4, -0.2) is 74.3 Å². The van der Waals surface area contributed by atoms with Crippen molar-refractivity contribution in [2.45, 2.75) is 49.3 Å². The van der Waals surface area contributed by atoms with E-state index in [1.54, 1.807) is 31.0 Å². The summed E-state index contributed by atoms with van der Waals surface area (Å²) in [6, 6.07) is 7.36. The number of para-hydroxylation sites is 1. The number of rotatable bonds is 5. The highest BCUT2D eigenvalue weighted by Crippen LogP contribution is 2.50. The Morgan fingerprint density at radius 2 is 2.07 bits per heavy atom. The molecule has 7 nitrogen and oxygen atoms in total. The van der Waals surface area contributed by atoms with Gasteiger partial charge in [-0.05, 0) is 25.3 Å². The molecule has 3 fully saturated rings. The quantitative estimate of drug-likeness (QED) is 0.836. The van der Waals surface area contributed by atoms with Crippen LogP contribution >= 0.6 is 0 Å². The molecule has 2 heterocycles. The minimum absolute atomic E-state index is 0.0182. The van der Waals surface area contributed by atoms with Gasteiger partial charge in [0.2, 0.25) is 5.91 Å². The highest BCUT2D eigenvalue weighted by atomic mass is 16.5. The Kier molecular flexibility index (Phi) is 4.95. The van der Waals surface area contributed by atoms with Crippen LogP contribution in [-0.2, 0) is 14.9 Å². The molecule has 1 saturated carbocycles. The molecular formula is C21H29N3O4. The van der Waals surface area contributed by atoms with Crippen LogP contribution in [0.1, 0.15) is 31.2 Å². The van der Waals surface area contributed by atoms with Crippen molar-refractivity contribution in [2.75, 3.05) is 34.4 Å². The van der Waals surface area contributed by atoms with Gasteiger partial charge in [0, 0.05) is 44.6 Å². The van der Waals surface area contributed by atoms with Crippen molar-refractivity contribution >= 4 is 11.9 Å². The number of carbonyl (C=O) groups is 2. The molecule has 0 bridgehead atoms. The van der Waals surface area contributed by atoms with E-state index < -0.39 is 6.04 Å². The Morgan fingerprint density at radius 1 is 1.32 bits per heavy atom. The molecule has 3 aliphatic rings. The summed E-state index contributed by atoms with van der Waals surface area (Å²) in [5.74, 6) is 0.819. The number of carbonyl (C=O) groups excluding carboxylic acids is 2. The molecule has 0 aromatic heterocycles. The summed E-state index contributed by atoms with van der Waals surface area (Å²) in [4.78, 5) is 29.1. The Morgan fingerprint density at radius 3 is 2.75 bits per heavy atom. The lowest BCUT2D eigenvalue weighted by atomic mass is 9.95. The lowest BCUT2D eigenvalue weighted by molar-refractivity contribution is -0.133. The van der Waals surface area contributed by atoms with E-state index in [9.17, 15) is 9.59 Å². The molecule has 3 amide bonds. The molecule has 4 rings (SSSR count). The zero-order valence-electron chi connectivity index (χ0n) is 16.8. The lowest BCUT2D eigenvalue weighted by Gasteiger charge is -2.31. The van der Waals surface area contributed by atoms with Crippen molar-refractivity contribution < 1.29 is 19.1 Å². The highest BCUT2D eigenvalue weighted by Gasteiger charge is 2.51. The average Bonchev–Trinajstić information content (AvgIpc) is 3.20. The van der Waals surface area contributed by atoms with E-state index >= 15 is 0 Å². The number of likely N-dealkylation sites (N-methyl/N-ethyl adjacent to an activating group) is 1. The van der Waals surface area contributed by atoms with E-state index in [0.717, 1.165) is 30.6 Å². The topological polar surface area (TPSA) is 71.1 Å². The van der Waals surface area contributed by atoms with Gasteiger partial charge < -0.3 is 24.6 Å². The minimum Gasteiger partial charge on any atom is -0.496 e. The molecule has 7 heteroatoms. The van der Waals surface area contributed by atoms with Gasteiger partial charge in [0.25, 0.3) is 0 Å². The molecule has 28 heavy (non-hydrogen) atoms. The third-order valence-corrected chi connectivity index (χ3v) is 6.39. The Hall–Kier alpha value is -2.28. The van der Waals surface area contributed by atoms with Crippen LogP contribution in [0.5, 0.6) is 5.75 Å². The number of ether oxygens (including phenoxy) is 2. The van der Waals surface area contributed by atoms with Crippen molar-refractivity contribution in [3.8, 4) is 5.75 Å². The number of hydrogen-bond donors (Lipinski definition) is 1. The van der Waals surface area contributed by atoms with E-state index in [2.05, 4.69) is 11.4 Å². The number of urea groups is 1. The zero-order valence-corrected chi connectivity index (χ0v) is 16.8. The first kappa shape index (κ1) is 19.1. The summed E-state index contributed by atoms with van der Waals surface area (Å²) < 4.78 is 11.3.